The van der Waals surface area contributed by atoms with E-state index in [0.29, 0.717) is 22.2 Å². The van der Waals surface area contributed by atoms with Gasteiger partial charge < -0.3 is 19.5 Å². The number of rotatable bonds is 6. The fourth-order valence-corrected chi connectivity index (χ4v) is 3.62. The van der Waals surface area contributed by atoms with Crippen molar-refractivity contribution < 1.29 is 23.8 Å². The number of aromatic nitrogens is 2. The van der Waals surface area contributed by atoms with Gasteiger partial charge in [-0.25, -0.2) is 4.79 Å². The van der Waals surface area contributed by atoms with E-state index in [1.165, 1.54) is 17.7 Å². The molecule has 154 valence electrons. The van der Waals surface area contributed by atoms with E-state index < -0.39 is 5.97 Å². The van der Waals surface area contributed by atoms with Crippen molar-refractivity contribution in [3.8, 4) is 11.5 Å². The molecular weight excluding hydrogens is 430 g/mol. The summed E-state index contributed by atoms with van der Waals surface area (Å²) in [6.07, 6.45) is 0.922. The Morgan fingerprint density at radius 2 is 2.00 bits per heavy atom. The molecule has 0 spiro atoms. The molecule has 0 radical (unpaired) electrons. The van der Waals surface area contributed by atoms with E-state index in [9.17, 15) is 9.59 Å². The summed E-state index contributed by atoms with van der Waals surface area (Å²) in [5.74, 6) is -0.196. The van der Waals surface area contributed by atoms with Crippen LogP contribution in [0.25, 0.3) is 0 Å². The van der Waals surface area contributed by atoms with Crippen LogP contribution < -0.4 is 14.8 Å². The van der Waals surface area contributed by atoms with Crippen molar-refractivity contribution in [3.63, 3.8) is 0 Å². The molecular formula is C20H16ClN3O5S. The molecule has 1 aliphatic rings. The lowest BCUT2D eigenvalue weighted by Crippen LogP contribution is -2.11. The second-order valence-corrected chi connectivity index (χ2v) is 7.74. The molecule has 3 aromatic rings. The SMILES string of the molecule is CCc1ccc(NC(=O)c2nnc(COC(=O)c3cc(Cl)c4c(c3)OCO4)s2)cc1. The Balaban J connectivity index is 1.35. The van der Waals surface area contributed by atoms with Gasteiger partial charge in [0.25, 0.3) is 5.91 Å². The number of esters is 1. The van der Waals surface area contributed by atoms with E-state index in [4.69, 9.17) is 25.8 Å². The number of ether oxygens (including phenoxy) is 3. The van der Waals surface area contributed by atoms with Crippen molar-refractivity contribution in [1.29, 1.82) is 0 Å². The lowest BCUT2D eigenvalue weighted by molar-refractivity contribution is 0.0471. The van der Waals surface area contributed by atoms with E-state index in [1.807, 2.05) is 24.3 Å². The van der Waals surface area contributed by atoms with Crippen molar-refractivity contribution >= 4 is 40.5 Å². The van der Waals surface area contributed by atoms with E-state index in [2.05, 4.69) is 22.4 Å². The number of aryl methyl sites for hydroxylation is 1. The number of nitrogens with zero attached hydrogens (tertiary/aromatic N) is 2. The first-order valence-corrected chi connectivity index (χ1v) is 10.2. The third-order valence-corrected chi connectivity index (χ3v) is 5.45. The van der Waals surface area contributed by atoms with Crippen LogP contribution >= 0.6 is 22.9 Å². The average Bonchev–Trinajstić information content (AvgIpc) is 3.42. The molecule has 30 heavy (non-hydrogen) atoms. The van der Waals surface area contributed by atoms with E-state index in [0.717, 1.165) is 17.8 Å². The molecule has 4 rings (SSSR count). The smallest absolute Gasteiger partial charge is 0.338 e. The predicted molar refractivity (Wildman–Crippen MR) is 110 cm³/mol. The molecule has 8 nitrogen and oxygen atoms in total. The average molecular weight is 446 g/mol. The summed E-state index contributed by atoms with van der Waals surface area (Å²) in [5.41, 5.74) is 2.07. The summed E-state index contributed by atoms with van der Waals surface area (Å²) in [6.45, 7) is 1.98. The molecule has 0 bridgehead atoms. The standard InChI is InChI=1S/C20H16ClN3O5S/c1-2-11-3-5-13(6-4-11)22-18(25)19-24-23-16(30-19)9-27-20(26)12-7-14(21)17-15(8-12)28-10-29-17/h3-8H,2,9-10H2,1H3,(H,22,25). The van der Waals surface area contributed by atoms with Crippen LogP contribution in [0.1, 0.15) is 37.7 Å². The number of nitrogens with one attached hydrogen (secondary N) is 1. The number of amides is 1. The van der Waals surface area contributed by atoms with Gasteiger partial charge in [-0.1, -0.05) is 42.0 Å². The fraction of sp³-hybridized carbons (Fsp3) is 0.200. The van der Waals surface area contributed by atoms with Gasteiger partial charge in [0.15, 0.2) is 16.5 Å². The first-order valence-electron chi connectivity index (χ1n) is 9.02. The lowest BCUT2D eigenvalue weighted by Gasteiger charge is -2.05. The van der Waals surface area contributed by atoms with Gasteiger partial charge in [-0.2, -0.15) is 0 Å². The quantitative estimate of drug-likeness (QED) is 0.570. The summed E-state index contributed by atoms with van der Waals surface area (Å²) < 4.78 is 15.7. The van der Waals surface area contributed by atoms with Crippen LogP contribution in [-0.4, -0.2) is 28.9 Å². The molecule has 1 amide bonds. The first-order chi connectivity index (χ1) is 14.5. The number of fused-ring (bicyclic) bond motifs is 1. The predicted octanol–water partition coefficient (Wildman–Crippen LogP) is 4.09. The van der Waals surface area contributed by atoms with Gasteiger partial charge in [0, 0.05) is 5.69 Å². The highest BCUT2D eigenvalue weighted by molar-refractivity contribution is 7.13. The molecule has 0 fully saturated rings. The fourth-order valence-electron chi connectivity index (χ4n) is 2.71. The van der Waals surface area contributed by atoms with Gasteiger partial charge in [0.05, 0.1) is 10.6 Å². The van der Waals surface area contributed by atoms with Gasteiger partial charge in [0.2, 0.25) is 11.8 Å². The minimum Gasteiger partial charge on any atom is -0.455 e. The number of benzene rings is 2. The maximum atomic E-state index is 12.3. The van der Waals surface area contributed by atoms with Crippen molar-refractivity contribution in [2.24, 2.45) is 0 Å². The van der Waals surface area contributed by atoms with Gasteiger partial charge in [0.1, 0.15) is 6.61 Å². The molecule has 0 saturated carbocycles. The van der Waals surface area contributed by atoms with Crippen molar-refractivity contribution in [1.82, 2.24) is 10.2 Å². The van der Waals surface area contributed by atoms with Crippen LogP contribution in [0.4, 0.5) is 5.69 Å². The van der Waals surface area contributed by atoms with Crippen molar-refractivity contribution in [2.75, 3.05) is 12.1 Å². The zero-order valence-corrected chi connectivity index (χ0v) is 17.4. The molecule has 0 aliphatic carbocycles. The molecule has 1 aliphatic heterocycles. The summed E-state index contributed by atoms with van der Waals surface area (Å²) in [4.78, 5) is 24.6. The number of anilines is 1. The molecule has 1 N–H and O–H groups in total. The Morgan fingerprint density at radius 1 is 1.20 bits per heavy atom. The molecule has 2 aromatic carbocycles. The Morgan fingerprint density at radius 3 is 2.77 bits per heavy atom. The number of hydrogen-bond donors (Lipinski definition) is 1. The molecule has 0 atom stereocenters. The summed E-state index contributed by atoms with van der Waals surface area (Å²) in [6, 6.07) is 10.5. The normalized spacial score (nSPS) is 11.9. The van der Waals surface area contributed by atoms with E-state index in [1.54, 1.807) is 0 Å². The molecule has 1 aromatic heterocycles. The Hall–Kier alpha value is -3.17. The zero-order valence-electron chi connectivity index (χ0n) is 15.8. The van der Waals surface area contributed by atoms with Crippen LogP contribution in [0.15, 0.2) is 36.4 Å². The largest absolute Gasteiger partial charge is 0.455 e. The highest BCUT2D eigenvalue weighted by atomic mass is 35.5. The summed E-state index contributed by atoms with van der Waals surface area (Å²) >= 11 is 7.13. The topological polar surface area (TPSA) is 99.6 Å². The maximum Gasteiger partial charge on any atom is 0.338 e. The number of hydrogen-bond acceptors (Lipinski definition) is 8. The van der Waals surface area contributed by atoms with Gasteiger partial charge in [-0.3, -0.25) is 4.79 Å². The van der Waals surface area contributed by atoms with Gasteiger partial charge in [-0.15, -0.1) is 10.2 Å². The minimum atomic E-state index is -0.604. The molecule has 0 unspecified atom stereocenters. The Labute approximate surface area is 180 Å². The second-order valence-electron chi connectivity index (χ2n) is 6.27. The molecule has 0 saturated heterocycles. The Bertz CT molecular complexity index is 1100. The van der Waals surface area contributed by atoms with E-state index >= 15 is 0 Å². The van der Waals surface area contributed by atoms with Crippen LogP contribution in [0, 0.1) is 0 Å². The molecule has 10 heteroatoms. The van der Waals surface area contributed by atoms with Gasteiger partial charge >= 0.3 is 5.97 Å². The van der Waals surface area contributed by atoms with Crippen LogP contribution in [0.5, 0.6) is 11.5 Å². The summed E-state index contributed by atoms with van der Waals surface area (Å²) in [7, 11) is 0. The van der Waals surface area contributed by atoms with Crippen molar-refractivity contribution in [3.05, 3.63) is 62.6 Å². The van der Waals surface area contributed by atoms with Crippen molar-refractivity contribution in [2.45, 2.75) is 20.0 Å². The number of carbonyl (C=O) groups is 2. The third-order valence-electron chi connectivity index (χ3n) is 4.27. The summed E-state index contributed by atoms with van der Waals surface area (Å²) in [5, 5.41) is 11.4. The minimum absolute atomic E-state index is 0.0475. The number of halogens is 1. The monoisotopic (exact) mass is 445 g/mol. The lowest BCUT2D eigenvalue weighted by atomic mass is 10.1. The van der Waals surface area contributed by atoms with Crippen LogP contribution in [0.2, 0.25) is 5.02 Å². The second kappa shape index (κ2) is 8.68. The highest BCUT2D eigenvalue weighted by Crippen LogP contribution is 2.39. The number of carbonyl (C=O) groups excluding carboxylic acids is 2. The zero-order chi connectivity index (χ0) is 21.1. The highest BCUT2D eigenvalue weighted by Gasteiger charge is 2.22. The Kier molecular flexibility index (Phi) is 5.82. The first kappa shape index (κ1) is 20.1. The van der Waals surface area contributed by atoms with Crippen LogP contribution in [0.3, 0.4) is 0 Å². The van der Waals surface area contributed by atoms with E-state index in [-0.39, 0.29) is 34.9 Å². The van der Waals surface area contributed by atoms with Gasteiger partial charge in [-0.05, 0) is 36.2 Å². The molecule has 2 heterocycles. The maximum absolute atomic E-state index is 12.3. The van der Waals surface area contributed by atoms with Crippen LogP contribution in [-0.2, 0) is 17.8 Å². The third kappa shape index (κ3) is 4.37.